The first-order chi connectivity index (χ1) is 12.3. The Morgan fingerprint density at radius 1 is 1.04 bits per heavy atom. The number of amides is 1. The van der Waals surface area contributed by atoms with E-state index in [1.165, 1.54) is 24.6 Å². The van der Waals surface area contributed by atoms with E-state index in [-0.39, 0.29) is 5.91 Å². The summed E-state index contributed by atoms with van der Waals surface area (Å²) in [5.41, 5.74) is 2.07. The highest BCUT2D eigenvalue weighted by Gasteiger charge is 2.23. The molecule has 2 aliphatic heterocycles. The number of benzene rings is 1. The minimum Gasteiger partial charge on any atom is -0.306 e. The van der Waals surface area contributed by atoms with Crippen molar-refractivity contribution in [2.45, 2.75) is 43.8 Å². The van der Waals surface area contributed by atoms with Crippen molar-refractivity contribution in [1.29, 1.82) is 0 Å². The van der Waals surface area contributed by atoms with Gasteiger partial charge in [-0.25, -0.2) is 5.01 Å². The van der Waals surface area contributed by atoms with Gasteiger partial charge in [-0.05, 0) is 18.4 Å². The molecule has 4 rings (SSSR count). The Balaban J connectivity index is 1.39. The molecule has 0 bridgehead atoms. The van der Waals surface area contributed by atoms with Crippen LogP contribution in [0.15, 0.2) is 40.6 Å². The Labute approximate surface area is 151 Å². The largest absolute Gasteiger partial charge is 0.306 e. The van der Waals surface area contributed by atoms with Gasteiger partial charge in [0.15, 0.2) is 5.16 Å². The summed E-state index contributed by atoms with van der Waals surface area (Å²) >= 11 is 1.47. The predicted molar refractivity (Wildman–Crippen MR) is 97.6 cm³/mol. The molecule has 0 saturated carbocycles. The molecule has 0 unspecified atom stereocenters. The third-order valence-electron chi connectivity index (χ3n) is 4.60. The van der Waals surface area contributed by atoms with E-state index in [4.69, 9.17) is 0 Å². The van der Waals surface area contributed by atoms with Crippen molar-refractivity contribution >= 4 is 23.4 Å². The van der Waals surface area contributed by atoms with Crippen molar-refractivity contribution < 1.29 is 4.79 Å². The minimum absolute atomic E-state index is 0.0295. The summed E-state index contributed by atoms with van der Waals surface area (Å²) in [5.74, 6) is 1.43. The second-order valence-corrected chi connectivity index (χ2v) is 7.27. The molecule has 2 aliphatic rings. The van der Waals surface area contributed by atoms with Gasteiger partial charge in [0.2, 0.25) is 0 Å². The van der Waals surface area contributed by atoms with Crippen LogP contribution >= 0.6 is 11.8 Å². The van der Waals surface area contributed by atoms with Crippen LogP contribution in [0.2, 0.25) is 0 Å². The summed E-state index contributed by atoms with van der Waals surface area (Å²) in [6.07, 6.45) is 5.35. The van der Waals surface area contributed by atoms with Gasteiger partial charge in [0.1, 0.15) is 5.82 Å². The van der Waals surface area contributed by atoms with E-state index in [1.54, 1.807) is 5.01 Å². The van der Waals surface area contributed by atoms with E-state index in [9.17, 15) is 4.79 Å². The quantitative estimate of drug-likeness (QED) is 0.791. The number of carbonyl (C=O) groups excluding carboxylic acids is 1. The molecule has 1 aromatic carbocycles. The van der Waals surface area contributed by atoms with E-state index in [2.05, 4.69) is 19.9 Å². The van der Waals surface area contributed by atoms with Crippen LogP contribution in [0.1, 0.15) is 37.1 Å². The topological polar surface area (TPSA) is 63.4 Å². The number of rotatable bonds is 4. The number of aryl methyl sites for hydroxylation is 1. The van der Waals surface area contributed by atoms with E-state index < -0.39 is 0 Å². The van der Waals surface area contributed by atoms with Crippen molar-refractivity contribution in [1.82, 2.24) is 19.8 Å². The fourth-order valence-corrected chi connectivity index (χ4v) is 4.09. The van der Waals surface area contributed by atoms with E-state index in [0.717, 1.165) is 48.1 Å². The average molecular weight is 355 g/mol. The fourth-order valence-electron chi connectivity index (χ4n) is 3.24. The normalized spacial score (nSPS) is 17.1. The standard InChI is InChI=1S/C18H21N5OS/c24-17(23-12-10-15(21-23)14-7-3-1-4-8-14)13-25-18-20-19-16-9-5-2-6-11-22(16)18/h1,3-4,7-8H,2,5-6,9-13H2. The van der Waals surface area contributed by atoms with Gasteiger partial charge in [0, 0.05) is 19.4 Å². The van der Waals surface area contributed by atoms with Gasteiger partial charge in [-0.1, -0.05) is 48.5 Å². The highest BCUT2D eigenvalue weighted by atomic mass is 32.2. The Hall–Kier alpha value is -2.15. The number of thioether (sulfide) groups is 1. The first kappa shape index (κ1) is 16.3. The molecule has 130 valence electrons. The van der Waals surface area contributed by atoms with Crippen LogP contribution in [0.25, 0.3) is 0 Å². The number of fused-ring (bicyclic) bond motifs is 1. The number of carbonyl (C=O) groups is 1. The van der Waals surface area contributed by atoms with Gasteiger partial charge < -0.3 is 4.57 Å². The molecule has 0 atom stereocenters. The molecular weight excluding hydrogens is 334 g/mol. The molecular formula is C18H21N5OS. The summed E-state index contributed by atoms with van der Waals surface area (Å²) in [6, 6.07) is 10.0. The Morgan fingerprint density at radius 2 is 1.92 bits per heavy atom. The third kappa shape index (κ3) is 3.61. The predicted octanol–water partition coefficient (Wildman–Crippen LogP) is 2.73. The SMILES string of the molecule is O=C(CSc1nnc2n1CCCCC2)N1CCC(c2ccccc2)=N1. The number of aromatic nitrogens is 3. The molecule has 7 heteroatoms. The first-order valence-electron chi connectivity index (χ1n) is 8.79. The highest BCUT2D eigenvalue weighted by molar-refractivity contribution is 7.99. The van der Waals surface area contributed by atoms with E-state index in [0.29, 0.717) is 12.3 Å². The third-order valence-corrected chi connectivity index (χ3v) is 5.55. The van der Waals surface area contributed by atoms with Gasteiger partial charge in [-0.3, -0.25) is 4.79 Å². The Bertz CT molecular complexity index is 786. The summed E-state index contributed by atoms with van der Waals surface area (Å²) < 4.78 is 2.17. The maximum absolute atomic E-state index is 12.5. The Morgan fingerprint density at radius 3 is 2.80 bits per heavy atom. The molecule has 0 N–H and O–H groups in total. The van der Waals surface area contributed by atoms with Crippen LogP contribution < -0.4 is 0 Å². The van der Waals surface area contributed by atoms with Crippen molar-refractivity contribution in [3.8, 4) is 0 Å². The molecule has 0 spiro atoms. The second kappa shape index (κ2) is 7.39. The van der Waals surface area contributed by atoms with Crippen LogP contribution in [0.3, 0.4) is 0 Å². The van der Waals surface area contributed by atoms with E-state index >= 15 is 0 Å². The van der Waals surface area contributed by atoms with Crippen LogP contribution in [0, 0.1) is 0 Å². The smallest absolute Gasteiger partial charge is 0.253 e. The molecule has 25 heavy (non-hydrogen) atoms. The molecule has 1 aromatic heterocycles. The lowest BCUT2D eigenvalue weighted by atomic mass is 10.1. The second-order valence-electron chi connectivity index (χ2n) is 6.33. The van der Waals surface area contributed by atoms with Crippen LogP contribution in [-0.4, -0.2) is 43.7 Å². The zero-order valence-corrected chi connectivity index (χ0v) is 14.9. The molecule has 2 aromatic rings. The monoisotopic (exact) mass is 355 g/mol. The van der Waals surface area contributed by atoms with Gasteiger partial charge in [-0.15, -0.1) is 10.2 Å². The summed E-state index contributed by atoms with van der Waals surface area (Å²) in [7, 11) is 0. The zero-order chi connectivity index (χ0) is 17.1. The van der Waals surface area contributed by atoms with Crippen molar-refractivity contribution in [3.05, 3.63) is 41.7 Å². The number of hydrogen-bond donors (Lipinski definition) is 0. The molecule has 1 amide bonds. The maximum atomic E-state index is 12.5. The van der Waals surface area contributed by atoms with Gasteiger partial charge >= 0.3 is 0 Å². The molecule has 0 aliphatic carbocycles. The first-order valence-corrected chi connectivity index (χ1v) is 9.78. The van der Waals surface area contributed by atoms with Crippen molar-refractivity contribution in [3.63, 3.8) is 0 Å². The fraction of sp³-hybridized carbons (Fsp3) is 0.444. The molecule has 3 heterocycles. The van der Waals surface area contributed by atoms with Crippen molar-refractivity contribution in [2.75, 3.05) is 12.3 Å². The lowest BCUT2D eigenvalue weighted by Crippen LogP contribution is -2.25. The lowest BCUT2D eigenvalue weighted by Gasteiger charge is -2.11. The molecule has 6 nitrogen and oxygen atoms in total. The van der Waals surface area contributed by atoms with Crippen LogP contribution in [-0.2, 0) is 17.8 Å². The molecule has 0 radical (unpaired) electrons. The number of hydrogen-bond acceptors (Lipinski definition) is 5. The summed E-state index contributed by atoms with van der Waals surface area (Å²) in [4.78, 5) is 12.5. The van der Waals surface area contributed by atoms with Crippen LogP contribution in [0.5, 0.6) is 0 Å². The zero-order valence-electron chi connectivity index (χ0n) is 14.1. The number of nitrogens with zero attached hydrogens (tertiary/aromatic N) is 5. The van der Waals surface area contributed by atoms with Crippen LogP contribution in [0.4, 0.5) is 0 Å². The van der Waals surface area contributed by atoms with Gasteiger partial charge in [0.05, 0.1) is 18.0 Å². The average Bonchev–Trinajstić information content (AvgIpc) is 3.22. The van der Waals surface area contributed by atoms with Gasteiger partial charge in [-0.2, -0.15) is 5.10 Å². The summed E-state index contributed by atoms with van der Waals surface area (Å²) in [6.45, 7) is 1.61. The number of hydrazone groups is 1. The minimum atomic E-state index is 0.0295. The van der Waals surface area contributed by atoms with Gasteiger partial charge in [0.25, 0.3) is 5.91 Å². The molecule has 0 saturated heterocycles. The summed E-state index contributed by atoms with van der Waals surface area (Å²) in [5, 5.41) is 15.5. The van der Waals surface area contributed by atoms with Crippen molar-refractivity contribution in [2.24, 2.45) is 5.10 Å². The van der Waals surface area contributed by atoms with E-state index in [1.807, 2.05) is 30.3 Å². The Kier molecular flexibility index (Phi) is 4.83. The highest BCUT2D eigenvalue weighted by Crippen LogP contribution is 2.23. The maximum Gasteiger partial charge on any atom is 0.253 e. The lowest BCUT2D eigenvalue weighted by molar-refractivity contribution is -0.127. The molecule has 0 fully saturated rings.